The minimum atomic E-state index is 0.0887. The van der Waals surface area contributed by atoms with Crippen molar-refractivity contribution in [1.82, 2.24) is 14.9 Å². The summed E-state index contributed by atoms with van der Waals surface area (Å²) in [7, 11) is 5.42. The molecule has 1 fully saturated rings. The number of nitrogens with zero attached hydrogens (tertiary/aromatic N) is 5. The average molecular weight is 438 g/mol. The summed E-state index contributed by atoms with van der Waals surface area (Å²) in [5.74, 6) is 2.63. The van der Waals surface area contributed by atoms with Crippen LogP contribution in [-0.4, -0.2) is 67.5 Å². The maximum Gasteiger partial charge on any atom is 0.228 e. The van der Waals surface area contributed by atoms with Gasteiger partial charge < -0.3 is 14.5 Å². The van der Waals surface area contributed by atoms with Crippen LogP contribution in [0.3, 0.4) is 0 Å². The van der Waals surface area contributed by atoms with Crippen LogP contribution in [0.2, 0.25) is 0 Å². The molecule has 2 aromatic rings. The van der Waals surface area contributed by atoms with Gasteiger partial charge in [-0.25, -0.2) is 9.97 Å². The van der Waals surface area contributed by atoms with Crippen molar-refractivity contribution in [3.63, 3.8) is 0 Å². The summed E-state index contributed by atoms with van der Waals surface area (Å²) in [6.45, 7) is 3.97. The third-order valence-corrected chi connectivity index (χ3v) is 6.57. The van der Waals surface area contributed by atoms with Gasteiger partial charge in [-0.15, -0.1) is 0 Å². The van der Waals surface area contributed by atoms with E-state index < -0.39 is 0 Å². The Labute approximate surface area is 189 Å². The minimum absolute atomic E-state index is 0.0887. The summed E-state index contributed by atoms with van der Waals surface area (Å²) < 4.78 is 5.20. The molecule has 2 aliphatic heterocycles. The Bertz CT molecular complexity index is 1010. The van der Waals surface area contributed by atoms with E-state index in [0.29, 0.717) is 38.9 Å². The Morgan fingerprint density at radius 2 is 1.97 bits per heavy atom. The highest BCUT2D eigenvalue weighted by Crippen LogP contribution is 2.31. The molecule has 8 heteroatoms. The normalized spacial score (nSPS) is 18.0. The predicted octanol–water partition coefficient (Wildman–Crippen LogP) is 2.55. The number of likely N-dealkylation sites (tertiary alicyclic amines) is 1. The number of carbonyl (C=O) groups is 2. The molecule has 1 aromatic heterocycles. The van der Waals surface area contributed by atoms with E-state index in [0.717, 1.165) is 40.8 Å². The second-order valence-corrected chi connectivity index (χ2v) is 8.62. The number of ether oxygens (including phenoxy) is 1. The predicted molar refractivity (Wildman–Crippen MR) is 123 cm³/mol. The van der Waals surface area contributed by atoms with Crippen molar-refractivity contribution < 1.29 is 14.3 Å². The molecule has 2 aliphatic rings. The molecule has 0 N–H and O–H groups in total. The van der Waals surface area contributed by atoms with Gasteiger partial charge in [0.1, 0.15) is 17.4 Å². The first-order valence-electron chi connectivity index (χ1n) is 11.1. The van der Waals surface area contributed by atoms with Gasteiger partial charge in [0.15, 0.2) is 0 Å². The van der Waals surface area contributed by atoms with E-state index in [2.05, 4.69) is 4.90 Å². The molecule has 1 atom stereocenters. The minimum Gasteiger partial charge on any atom is -0.497 e. The molecule has 0 spiro atoms. The second-order valence-electron chi connectivity index (χ2n) is 8.62. The fraction of sp³-hybridized carbons (Fsp3) is 0.500. The maximum absolute atomic E-state index is 12.8. The summed E-state index contributed by atoms with van der Waals surface area (Å²) in [5.41, 5.74) is 3.05. The van der Waals surface area contributed by atoms with Crippen LogP contribution in [-0.2, 0) is 16.0 Å². The maximum atomic E-state index is 12.8. The topological polar surface area (TPSA) is 78.9 Å². The zero-order valence-electron chi connectivity index (χ0n) is 19.3. The molecule has 0 radical (unpaired) electrons. The average Bonchev–Trinajstić information content (AvgIpc) is 3.30. The molecule has 2 amide bonds. The van der Waals surface area contributed by atoms with Crippen LogP contribution in [0.15, 0.2) is 24.3 Å². The van der Waals surface area contributed by atoms with Gasteiger partial charge in [-0.2, -0.15) is 0 Å². The third kappa shape index (κ3) is 4.40. The van der Waals surface area contributed by atoms with Crippen LogP contribution < -0.4 is 14.5 Å². The third-order valence-electron chi connectivity index (χ3n) is 6.57. The molecule has 1 saturated heterocycles. The number of hydrogen-bond acceptors (Lipinski definition) is 6. The van der Waals surface area contributed by atoms with E-state index in [4.69, 9.17) is 14.7 Å². The van der Waals surface area contributed by atoms with E-state index in [9.17, 15) is 9.59 Å². The first-order chi connectivity index (χ1) is 15.4. The number of carbonyl (C=O) groups excluding carboxylic acids is 2. The number of hydrogen-bond donors (Lipinski definition) is 0. The van der Waals surface area contributed by atoms with Crippen molar-refractivity contribution in [3.8, 4) is 5.75 Å². The van der Waals surface area contributed by atoms with Crippen molar-refractivity contribution in [2.45, 2.75) is 38.5 Å². The van der Waals surface area contributed by atoms with Crippen molar-refractivity contribution in [1.29, 1.82) is 0 Å². The molecule has 3 heterocycles. The smallest absolute Gasteiger partial charge is 0.228 e. The molecule has 8 nitrogen and oxygen atoms in total. The summed E-state index contributed by atoms with van der Waals surface area (Å²) in [5, 5.41) is 0. The van der Waals surface area contributed by atoms with Crippen LogP contribution in [0.25, 0.3) is 0 Å². The first-order valence-corrected chi connectivity index (χ1v) is 11.1. The molecule has 0 bridgehead atoms. The zero-order valence-corrected chi connectivity index (χ0v) is 19.3. The first kappa shape index (κ1) is 22.0. The lowest BCUT2D eigenvalue weighted by Gasteiger charge is -2.26. The Morgan fingerprint density at radius 1 is 1.22 bits per heavy atom. The number of anilines is 2. The lowest BCUT2D eigenvalue weighted by molar-refractivity contribution is -0.130. The zero-order chi connectivity index (χ0) is 22.8. The molecule has 32 heavy (non-hydrogen) atoms. The van der Waals surface area contributed by atoms with Gasteiger partial charge in [-0.1, -0.05) is 0 Å². The molecular weight excluding hydrogens is 406 g/mol. The number of fused-ring (bicyclic) bond motifs is 1. The molecule has 0 saturated carbocycles. The van der Waals surface area contributed by atoms with Crippen LogP contribution in [0, 0.1) is 6.92 Å². The Morgan fingerprint density at radius 3 is 2.69 bits per heavy atom. The molecular formula is C24H31N5O3. The van der Waals surface area contributed by atoms with E-state index in [-0.39, 0.29) is 17.7 Å². The summed E-state index contributed by atoms with van der Waals surface area (Å²) in [6.07, 6.45) is 2.50. The van der Waals surface area contributed by atoms with Crippen molar-refractivity contribution >= 4 is 23.3 Å². The number of benzene rings is 1. The lowest BCUT2D eigenvalue weighted by Crippen LogP contribution is -2.34. The van der Waals surface area contributed by atoms with Crippen LogP contribution in [0.5, 0.6) is 5.75 Å². The van der Waals surface area contributed by atoms with Gasteiger partial charge in [-0.05, 0) is 44.0 Å². The number of methoxy groups -OCH3 is 1. The SMILES string of the molecule is COc1ccc(N(C)CCC(=O)N2CCC(c3nc(C)c4c(n3)N(C)C(=O)CC4)C2)cc1. The van der Waals surface area contributed by atoms with E-state index >= 15 is 0 Å². The highest BCUT2D eigenvalue weighted by Gasteiger charge is 2.32. The molecule has 0 aliphatic carbocycles. The summed E-state index contributed by atoms with van der Waals surface area (Å²) >= 11 is 0. The van der Waals surface area contributed by atoms with Crippen LogP contribution >= 0.6 is 0 Å². The van der Waals surface area contributed by atoms with Crippen molar-refractivity contribution in [3.05, 3.63) is 41.3 Å². The fourth-order valence-electron chi connectivity index (χ4n) is 4.46. The van der Waals surface area contributed by atoms with Crippen molar-refractivity contribution in [2.24, 2.45) is 0 Å². The quantitative estimate of drug-likeness (QED) is 0.691. The van der Waals surface area contributed by atoms with Crippen LogP contribution in [0.1, 0.15) is 42.3 Å². The largest absolute Gasteiger partial charge is 0.497 e. The van der Waals surface area contributed by atoms with Gasteiger partial charge >= 0.3 is 0 Å². The Balaban J connectivity index is 1.36. The van der Waals surface area contributed by atoms with Gasteiger partial charge in [-0.3, -0.25) is 14.5 Å². The van der Waals surface area contributed by atoms with Crippen molar-refractivity contribution in [2.75, 3.05) is 50.6 Å². The lowest BCUT2D eigenvalue weighted by atomic mass is 10.0. The monoisotopic (exact) mass is 437 g/mol. The van der Waals surface area contributed by atoms with E-state index in [1.165, 1.54) is 0 Å². The summed E-state index contributed by atoms with van der Waals surface area (Å²) in [4.78, 5) is 40.1. The van der Waals surface area contributed by atoms with Gasteiger partial charge in [0.25, 0.3) is 0 Å². The van der Waals surface area contributed by atoms with Gasteiger partial charge in [0.05, 0.1) is 7.11 Å². The number of rotatable bonds is 6. The van der Waals surface area contributed by atoms with Crippen LogP contribution in [0.4, 0.5) is 11.5 Å². The van der Waals surface area contributed by atoms with Gasteiger partial charge in [0, 0.05) is 69.4 Å². The number of amides is 2. The molecule has 1 unspecified atom stereocenters. The molecule has 4 rings (SSSR count). The van der Waals surface area contributed by atoms with E-state index in [1.807, 2.05) is 43.1 Å². The highest BCUT2D eigenvalue weighted by molar-refractivity contribution is 5.94. The van der Waals surface area contributed by atoms with E-state index in [1.54, 1.807) is 19.1 Å². The molecule has 170 valence electrons. The fourth-order valence-corrected chi connectivity index (χ4v) is 4.46. The second kappa shape index (κ2) is 9.14. The highest BCUT2D eigenvalue weighted by atomic mass is 16.5. The summed E-state index contributed by atoms with van der Waals surface area (Å²) in [6, 6.07) is 7.83. The Hall–Kier alpha value is -3.16. The van der Waals surface area contributed by atoms with Gasteiger partial charge in [0.2, 0.25) is 11.8 Å². The Kier molecular flexibility index (Phi) is 6.30. The number of aromatic nitrogens is 2. The molecule has 1 aromatic carbocycles. The number of aryl methyl sites for hydroxylation is 1. The standard InChI is InChI=1S/C24H31N5O3/c1-16-20-9-10-21(30)28(3)24(20)26-23(25-16)17-11-14-29(15-17)22(31)12-13-27(2)18-5-7-19(32-4)8-6-18/h5-8,17H,9-15H2,1-4H3.